The number of nitrogens with zero attached hydrogens (tertiary/aromatic N) is 1. The van der Waals surface area contributed by atoms with Crippen LogP contribution in [0.25, 0.3) is 10.9 Å². The second-order valence-corrected chi connectivity index (χ2v) is 7.55. The summed E-state index contributed by atoms with van der Waals surface area (Å²) in [6.45, 7) is 6.58. The van der Waals surface area contributed by atoms with E-state index in [1.165, 1.54) is 10.1 Å². The molecule has 27 heavy (non-hydrogen) atoms. The fraction of sp³-hybridized carbons (Fsp3) is 0.286. The Morgan fingerprint density at radius 2 is 1.70 bits per heavy atom. The van der Waals surface area contributed by atoms with Crippen LogP contribution in [0.3, 0.4) is 0 Å². The number of hydrogen-bond acceptors (Lipinski definition) is 3. The average molecular weight is 365 g/mol. The van der Waals surface area contributed by atoms with Gasteiger partial charge in [0.15, 0.2) is 0 Å². The highest BCUT2D eigenvalue weighted by Gasteiger charge is 2.13. The lowest BCUT2D eigenvalue weighted by Gasteiger charge is -2.19. The summed E-state index contributed by atoms with van der Waals surface area (Å²) in [5.74, 6) is -0.194. The third-order valence-corrected chi connectivity index (χ3v) is 4.50. The molecule has 0 aliphatic rings. The molecule has 0 fully saturated rings. The van der Waals surface area contributed by atoms with E-state index in [0.717, 1.165) is 0 Å². The Morgan fingerprint density at radius 3 is 2.37 bits per heavy atom. The van der Waals surface area contributed by atoms with E-state index in [0.29, 0.717) is 16.6 Å². The third kappa shape index (κ3) is 4.16. The first-order valence-electron chi connectivity index (χ1n) is 8.88. The molecule has 0 saturated carbocycles. The first-order chi connectivity index (χ1) is 12.8. The molecule has 1 aromatic heterocycles. The molecule has 6 heteroatoms. The molecule has 0 bridgehead atoms. The average Bonchev–Trinajstić information content (AvgIpc) is 2.61. The van der Waals surface area contributed by atoms with Crippen molar-refractivity contribution in [3.63, 3.8) is 0 Å². The zero-order valence-corrected chi connectivity index (χ0v) is 15.7. The number of para-hydroxylation sites is 1. The summed E-state index contributed by atoms with van der Waals surface area (Å²) in [7, 11) is 0. The molecule has 0 saturated heterocycles. The molecule has 0 aliphatic carbocycles. The van der Waals surface area contributed by atoms with Crippen molar-refractivity contribution < 1.29 is 4.79 Å². The van der Waals surface area contributed by atoms with Gasteiger partial charge >= 0.3 is 5.69 Å². The Balaban J connectivity index is 1.72. The molecule has 0 aliphatic heterocycles. The number of aryl methyl sites for hydroxylation is 1. The van der Waals surface area contributed by atoms with Gasteiger partial charge in [-0.2, -0.15) is 0 Å². The van der Waals surface area contributed by atoms with E-state index in [1.54, 1.807) is 24.3 Å². The van der Waals surface area contributed by atoms with Gasteiger partial charge in [-0.1, -0.05) is 45.0 Å². The monoisotopic (exact) mass is 365 g/mol. The third-order valence-electron chi connectivity index (χ3n) is 4.50. The minimum atomic E-state index is -0.513. The Hall–Kier alpha value is -3.15. The molecular formula is C21H23N3O3. The fourth-order valence-corrected chi connectivity index (χ4v) is 2.95. The van der Waals surface area contributed by atoms with Gasteiger partial charge in [-0.3, -0.25) is 19.1 Å². The van der Waals surface area contributed by atoms with Crippen molar-refractivity contribution in [2.75, 3.05) is 5.32 Å². The van der Waals surface area contributed by atoms with Gasteiger partial charge in [-0.15, -0.1) is 0 Å². The second kappa shape index (κ2) is 7.23. The molecule has 1 heterocycles. The van der Waals surface area contributed by atoms with Gasteiger partial charge in [-0.25, -0.2) is 4.79 Å². The van der Waals surface area contributed by atoms with Crippen LogP contribution >= 0.6 is 0 Å². The number of fused-ring (bicyclic) bond motifs is 1. The number of benzene rings is 2. The Morgan fingerprint density at radius 1 is 1.04 bits per heavy atom. The number of nitrogens with one attached hydrogen (secondary N) is 2. The van der Waals surface area contributed by atoms with Crippen molar-refractivity contribution in [3.8, 4) is 0 Å². The van der Waals surface area contributed by atoms with Crippen LogP contribution in [-0.2, 0) is 16.8 Å². The van der Waals surface area contributed by atoms with Crippen LogP contribution in [0.2, 0.25) is 0 Å². The Labute approximate surface area is 156 Å². The first-order valence-corrected chi connectivity index (χ1v) is 8.88. The molecule has 0 unspecified atom stereocenters. The van der Waals surface area contributed by atoms with E-state index in [2.05, 4.69) is 31.1 Å². The molecule has 0 radical (unpaired) electrons. The van der Waals surface area contributed by atoms with Crippen molar-refractivity contribution in [2.24, 2.45) is 0 Å². The minimum absolute atomic E-state index is 0.0506. The lowest BCUT2D eigenvalue weighted by atomic mass is 9.87. The van der Waals surface area contributed by atoms with Crippen molar-refractivity contribution in [2.45, 2.75) is 39.2 Å². The van der Waals surface area contributed by atoms with E-state index >= 15 is 0 Å². The van der Waals surface area contributed by atoms with E-state index < -0.39 is 11.2 Å². The van der Waals surface area contributed by atoms with E-state index in [1.807, 2.05) is 24.3 Å². The number of rotatable bonds is 4. The smallest absolute Gasteiger partial charge is 0.326 e. The zero-order chi connectivity index (χ0) is 19.6. The summed E-state index contributed by atoms with van der Waals surface area (Å²) in [5.41, 5.74) is 1.54. The maximum Gasteiger partial charge on any atom is 0.328 e. The van der Waals surface area contributed by atoms with Crippen molar-refractivity contribution >= 4 is 22.5 Å². The first kappa shape index (κ1) is 18.6. The van der Waals surface area contributed by atoms with Gasteiger partial charge in [0.05, 0.1) is 10.9 Å². The van der Waals surface area contributed by atoms with Crippen LogP contribution in [0.1, 0.15) is 32.8 Å². The van der Waals surface area contributed by atoms with E-state index in [4.69, 9.17) is 0 Å². The number of carbonyl (C=O) groups excluding carboxylic acids is 1. The summed E-state index contributed by atoms with van der Waals surface area (Å²) in [6.07, 6.45) is 0.122. The number of hydrogen-bond donors (Lipinski definition) is 2. The van der Waals surface area contributed by atoms with Gasteiger partial charge in [0.2, 0.25) is 5.91 Å². The predicted molar refractivity (Wildman–Crippen MR) is 107 cm³/mol. The van der Waals surface area contributed by atoms with Crippen LogP contribution in [-0.4, -0.2) is 15.5 Å². The molecule has 2 N–H and O–H groups in total. The molecule has 2 aromatic carbocycles. The number of amides is 1. The van der Waals surface area contributed by atoms with Crippen molar-refractivity contribution in [1.29, 1.82) is 0 Å². The topological polar surface area (TPSA) is 84.0 Å². The maximum absolute atomic E-state index is 12.3. The lowest BCUT2D eigenvalue weighted by Crippen LogP contribution is -2.31. The molecule has 3 aromatic rings. The minimum Gasteiger partial charge on any atom is -0.326 e. The van der Waals surface area contributed by atoms with Gasteiger partial charge < -0.3 is 5.32 Å². The molecule has 0 atom stereocenters. The summed E-state index contributed by atoms with van der Waals surface area (Å²) >= 11 is 0. The number of aromatic amines is 1. The Bertz CT molecular complexity index is 1090. The number of H-pyrrole nitrogens is 1. The predicted octanol–water partition coefficient (Wildman–Crippen LogP) is 3.02. The molecular weight excluding hydrogens is 342 g/mol. The highest BCUT2D eigenvalue weighted by molar-refractivity contribution is 5.90. The van der Waals surface area contributed by atoms with Crippen molar-refractivity contribution in [1.82, 2.24) is 9.55 Å². The van der Waals surface area contributed by atoms with Gasteiger partial charge in [-0.05, 0) is 35.2 Å². The van der Waals surface area contributed by atoms with Gasteiger partial charge in [0.25, 0.3) is 5.56 Å². The number of carbonyl (C=O) groups is 1. The zero-order valence-electron chi connectivity index (χ0n) is 15.7. The van der Waals surface area contributed by atoms with Gasteiger partial charge in [0, 0.05) is 18.7 Å². The van der Waals surface area contributed by atoms with Crippen molar-refractivity contribution in [3.05, 3.63) is 74.9 Å². The molecule has 1 amide bonds. The fourth-order valence-electron chi connectivity index (χ4n) is 2.95. The summed E-state index contributed by atoms with van der Waals surface area (Å²) < 4.78 is 1.42. The van der Waals surface area contributed by atoms with Crippen LogP contribution < -0.4 is 16.6 Å². The SMILES string of the molecule is CC(C)(C)c1ccc(NC(=O)CCn2c(=O)[nH]c(=O)c3ccccc32)cc1. The summed E-state index contributed by atoms with van der Waals surface area (Å²) in [4.78, 5) is 38.6. The molecule has 3 rings (SSSR count). The normalized spacial score (nSPS) is 11.5. The standard InChI is InChI=1S/C21H23N3O3/c1-21(2,3)14-8-10-15(11-9-14)22-18(25)12-13-24-17-7-5-4-6-16(17)19(26)23-20(24)27/h4-11H,12-13H2,1-3H3,(H,22,25)(H,23,26,27). The highest BCUT2D eigenvalue weighted by atomic mass is 16.2. The highest BCUT2D eigenvalue weighted by Crippen LogP contribution is 2.23. The van der Waals surface area contributed by atoms with E-state index in [9.17, 15) is 14.4 Å². The van der Waals surface area contributed by atoms with Crippen LogP contribution in [0, 0.1) is 0 Å². The molecule has 140 valence electrons. The number of anilines is 1. The lowest BCUT2D eigenvalue weighted by molar-refractivity contribution is -0.116. The maximum atomic E-state index is 12.3. The van der Waals surface area contributed by atoms with Crippen LogP contribution in [0.4, 0.5) is 5.69 Å². The quantitative estimate of drug-likeness (QED) is 0.745. The Kier molecular flexibility index (Phi) is 4.99. The van der Waals surface area contributed by atoms with Gasteiger partial charge in [0.1, 0.15) is 0 Å². The number of aromatic nitrogens is 2. The van der Waals surface area contributed by atoms with Crippen LogP contribution in [0.5, 0.6) is 0 Å². The van der Waals surface area contributed by atoms with E-state index in [-0.39, 0.29) is 24.3 Å². The largest absolute Gasteiger partial charge is 0.328 e. The second-order valence-electron chi connectivity index (χ2n) is 7.55. The summed E-state index contributed by atoms with van der Waals surface area (Å²) in [6, 6.07) is 14.6. The molecule has 6 nitrogen and oxygen atoms in total. The summed E-state index contributed by atoms with van der Waals surface area (Å²) in [5, 5.41) is 3.27. The van der Waals surface area contributed by atoms with Crippen LogP contribution in [0.15, 0.2) is 58.1 Å². The molecule has 0 spiro atoms.